The third kappa shape index (κ3) is 3.81. The molecule has 2 N–H and O–H groups in total. The van der Waals surface area contributed by atoms with Gasteiger partial charge in [-0.2, -0.15) is 10.4 Å². The van der Waals surface area contributed by atoms with Crippen LogP contribution >= 0.6 is 0 Å². The molecular weight excluding hydrogens is 388 g/mol. The van der Waals surface area contributed by atoms with Crippen molar-refractivity contribution >= 4 is 28.4 Å². The van der Waals surface area contributed by atoms with Crippen LogP contribution < -0.4 is 10.2 Å². The first kappa shape index (κ1) is 19.8. The van der Waals surface area contributed by atoms with E-state index in [1.165, 1.54) is 12.8 Å². The fourth-order valence-corrected chi connectivity index (χ4v) is 5.28. The molecule has 2 aliphatic rings. The van der Waals surface area contributed by atoms with Crippen LogP contribution in [0, 0.1) is 18.3 Å². The molecule has 160 valence electrons. The van der Waals surface area contributed by atoms with E-state index in [-0.39, 0.29) is 0 Å². The molecule has 5 rings (SSSR count). The number of nitrogens with one attached hydrogen (secondary N) is 2. The zero-order chi connectivity index (χ0) is 21.4. The number of aryl methyl sites for hydroxylation is 1. The smallest absolute Gasteiger partial charge is 0.153 e. The minimum Gasteiger partial charge on any atom is -0.356 e. The number of pyridine rings is 2. The highest BCUT2D eigenvalue weighted by Gasteiger charge is 2.41. The van der Waals surface area contributed by atoms with Crippen LogP contribution in [0.25, 0.3) is 10.9 Å². The first-order valence-corrected chi connectivity index (χ1v) is 11.0. The third-order valence-electron chi connectivity index (χ3n) is 6.76. The fourth-order valence-electron chi connectivity index (χ4n) is 5.28. The maximum Gasteiger partial charge on any atom is 0.153 e. The lowest BCUT2D eigenvalue weighted by Crippen LogP contribution is -2.50. The summed E-state index contributed by atoms with van der Waals surface area (Å²) in [4.78, 5) is 14.5. The summed E-state index contributed by atoms with van der Waals surface area (Å²) in [6.45, 7) is 2.87. The molecule has 0 radical (unpaired) electrons. The molecule has 2 aliphatic heterocycles. The number of piperidine rings is 1. The Kier molecular flexibility index (Phi) is 5.20. The molecule has 2 bridgehead atoms. The van der Waals surface area contributed by atoms with Crippen molar-refractivity contribution in [2.24, 2.45) is 0 Å². The maximum absolute atomic E-state index is 9.00. The number of aromatic amines is 1. The van der Waals surface area contributed by atoms with Crippen LogP contribution in [0.1, 0.15) is 37.8 Å². The fraction of sp³-hybridized carbons (Fsp3) is 0.478. The van der Waals surface area contributed by atoms with Gasteiger partial charge < -0.3 is 10.2 Å². The number of anilines is 3. The average molecular weight is 417 g/mol. The van der Waals surface area contributed by atoms with Crippen molar-refractivity contribution in [3.63, 3.8) is 0 Å². The second-order valence-corrected chi connectivity index (χ2v) is 8.73. The van der Waals surface area contributed by atoms with E-state index in [2.05, 4.69) is 49.5 Å². The van der Waals surface area contributed by atoms with Gasteiger partial charge in [0.15, 0.2) is 5.82 Å². The van der Waals surface area contributed by atoms with Crippen molar-refractivity contribution in [3.8, 4) is 6.07 Å². The van der Waals surface area contributed by atoms with Gasteiger partial charge in [0.25, 0.3) is 0 Å². The highest BCUT2D eigenvalue weighted by molar-refractivity contribution is 5.92. The summed E-state index contributed by atoms with van der Waals surface area (Å²) in [7, 11) is 2.16. The molecule has 2 atom stereocenters. The van der Waals surface area contributed by atoms with Gasteiger partial charge in [0, 0.05) is 67.5 Å². The lowest BCUT2D eigenvalue weighted by molar-refractivity contribution is 0.129. The number of H-pyrrole nitrogens is 1. The summed E-state index contributed by atoms with van der Waals surface area (Å²) in [5.41, 5.74) is 1.92. The summed E-state index contributed by atoms with van der Waals surface area (Å²) in [6.07, 6.45) is 7.12. The van der Waals surface area contributed by atoms with Crippen molar-refractivity contribution in [2.75, 3.05) is 23.8 Å². The SMILES string of the molecule is Cc1cc(Nc2cc3ncccc3c(N(C)C3CC4CCC(C3)N4CCC#N)n2)n[nH]1. The highest BCUT2D eigenvalue weighted by Crippen LogP contribution is 2.39. The molecule has 5 heterocycles. The van der Waals surface area contributed by atoms with E-state index in [9.17, 15) is 0 Å². The molecule has 0 aliphatic carbocycles. The molecule has 3 aromatic heterocycles. The summed E-state index contributed by atoms with van der Waals surface area (Å²) >= 11 is 0. The summed E-state index contributed by atoms with van der Waals surface area (Å²) in [6, 6.07) is 11.9. The quantitative estimate of drug-likeness (QED) is 0.632. The topological polar surface area (TPSA) is 96.8 Å². The summed E-state index contributed by atoms with van der Waals surface area (Å²) in [5.74, 6) is 2.45. The largest absolute Gasteiger partial charge is 0.356 e. The molecule has 0 amide bonds. The second-order valence-electron chi connectivity index (χ2n) is 8.73. The Bertz CT molecular complexity index is 1100. The van der Waals surface area contributed by atoms with Gasteiger partial charge in [0.2, 0.25) is 0 Å². The van der Waals surface area contributed by atoms with Crippen molar-refractivity contribution in [1.82, 2.24) is 25.1 Å². The lowest BCUT2D eigenvalue weighted by Gasteiger charge is -2.42. The van der Waals surface area contributed by atoms with Crippen LogP contribution in [0.2, 0.25) is 0 Å². The van der Waals surface area contributed by atoms with Crippen molar-refractivity contribution in [2.45, 2.75) is 57.2 Å². The normalized spacial score (nSPS) is 23.1. The Morgan fingerprint density at radius 3 is 2.77 bits per heavy atom. The van der Waals surface area contributed by atoms with Gasteiger partial charge in [-0.25, -0.2) is 4.98 Å². The lowest BCUT2D eigenvalue weighted by atomic mass is 9.95. The minimum atomic E-state index is 0.426. The van der Waals surface area contributed by atoms with E-state index in [0.717, 1.165) is 53.4 Å². The van der Waals surface area contributed by atoms with Gasteiger partial charge in [-0.15, -0.1) is 0 Å². The van der Waals surface area contributed by atoms with Crippen LogP contribution in [-0.2, 0) is 0 Å². The molecule has 8 nitrogen and oxygen atoms in total. The van der Waals surface area contributed by atoms with Crippen molar-refractivity contribution < 1.29 is 0 Å². The Balaban J connectivity index is 1.43. The molecule has 0 spiro atoms. The molecule has 8 heteroatoms. The molecule has 31 heavy (non-hydrogen) atoms. The van der Waals surface area contributed by atoms with Gasteiger partial charge in [-0.3, -0.25) is 15.0 Å². The molecule has 0 aromatic carbocycles. The van der Waals surface area contributed by atoms with Crippen LogP contribution in [0.4, 0.5) is 17.5 Å². The summed E-state index contributed by atoms with van der Waals surface area (Å²) in [5, 5.41) is 20.6. The van der Waals surface area contributed by atoms with E-state index in [1.807, 2.05) is 31.3 Å². The summed E-state index contributed by atoms with van der Waals surface area (Å²) < 4.78 is 0. The number of hydrogen-bond acceptors (Lipinski definition) is 7. The Morgan fingerprint density at radius 2 is 2.06 bits per heavy atom. The number of nitrogens with zero attached hydrogens (tertiary/aromatic N) is 6. The zero-order valence-corrected chi connectivity index (χ0v) is 18.0. The molecule has 0 saturated carbocycles. The number of rotatable bonds is 6. The van der Waals surface area contributed by atoms with Gasteiger partial charge >= 0.3 is 0 Å². The molecule has 2 unspecified atom stereocenters. The molecule has 2 fully saturated rings. The maximum atomic E-state index is 9.00. The van der Waals surface area contributed by atoms with Crippen LogP contribution in [0.5, 0.6) is 0 Å². The van der Waals surface area contributed by atoms with Gasteiger partial charge in [-0.05, 0) is 44.7 Å². The Labute approximate surface area is 182 Å². The monoisotopic (exact) mass is 416 g/mol. The van der Waals surface area contributed by atoms with Gasteiger partial charge in [-0.1, -0.05) is 0 Å². The average Bonchev–Trinajstić information content (AvgIpc) is 3.28. The standard InChI is InChI=1S/C23H28N8/c1-15-11-22(29-28-15)26-21-14-20-19(5-3-9-25-20)23(27-21)30(2)18-12-16-6-7-17(13-18)31(16)10-4-8-24/h3,5,9,11,14,16-18H,4,6-7,10,12-13H2,1-2H3,(H2,26,27,28,29). The van der Waals surface area contributed by atoms with E-state index in [1.54, 1.807) is 0 Å². The van der Waals surface area contributed by atoms with E-state index >= 15 is 0 Å². The number of fused-ring (bicyclic) bond motifs is 3. The number of aromatic nitrogens is 4. The van der Waals surface area contributed by atoms with E-state index in [4.69, 9.17) is 10.2 Å². The molecular formula is C23H28N8. The van der Waals surface area contributed by atoms with E-state index < -0.39 is 0 Å². The van der Waals surface area contributed by atoms with E-state index in [0.29, 0.717) is 24.5 Å². The second kappa shape index (κ2) is 8.16. The first-order chi connectivity index (χ1) is 15.1. The third-order valence-corrected chi connectivity index (χ3v) is 6.76. The van der Waals surface area contributed by atoms with Crippen LogP contribution in [0.15, 0.2) is 30.5 Å². The minimum absolute atomic E-state index is 0.426. The van der Waals surface area contributed by atoms with Crippen molar-refractivity contribution in [1.29, 1.82) is 5.26 Å². The van der Waals surface area contributed by atoms with Gasteiger partial charge in [0.05, 0.1) is 11.6 Å². The van der Waals surface area contributed by atoms with Crippen LogP contribution in [0.3, 0.4) is 0 Å². The number of hydrogen-bond donors (Lipinski definition) is 2. The zero-order valence-electron chi connectivity index (χ0n) is 18.0. The van der Waals surface area contributed by atoms with Crippen molar-refractivity contribution in [3.05, 3.63) is 36.2 Å². The predicted octanol–water partition coefficient (Wildman–Crippen LogP) is 3.75. The molecule has 3 aromatic rings. The first-order valence-electron chi connectivity index (χ1n) is 11.0. The highest BCUT2D eigenvalue weighted by atomic mass is 15.3. The predicted molar refractivity (Wildman–Crippen MR) is 121 cm³/mol. The van der Waals surface area contributed by atoms with Crippen LogP contribution in [-0.4, -0.2) is 56.8 Å². The Hall–Kier alpha value is -3.18. The van der Waals surface area contributed by atoms with Gasteiger partial charge in [0.1, 0.15) is 11.6 Å². The Morgan fingerprint density at radius 1 is 1.26 bits per heavy atom. The number of nitriles is 1. The molecule has 2 saturated heterocycles.